The van der Waals surface area contributed by atoms with Crippen molar-refractivity contribution in [3.63, 3.8) is 0 Å². The summed E-state index contributed by atoms with van der Waals surface area (Å²) in [4.78, 5) is 4.99. The third kappa shape index (κ3) is 9.15. The zero-order chi connectivity index (χ0) is 23.0. The number of ether oxygens (including phenoxy) is 2. The topological polar surface area (TPSA) is 52.1 Å². The number of nitrogens with one attached hydrogen (secondary N) is 1. The molecule has 174 valence electrons. The van der Waals surface area contributed by atoms with E-state index in [1.807, 2.05) is 61.5 Å². The van der Waals surface area contributed by atoms with Gasteiger partial charge >= 0.3 is 0 Å². The number of aryl methyl sites for hydroxylation is 2. The van der Waals surface area contributed by atoms with Gasteiger partial charge in [-0.15, -0.1) is 0 Å². The second-order valence-corrected chi connectivity index (χ2v) is 7.79. The summed E-state index contributed by atoms with van der Waals surface area (Å²) in [6.45, 7) is 9.15. The van der Waals surface area contributed by atoms with Gasteiger partial charge in [0.2, 0.25) is 0 Å². The van der Waals surface area contributed by atoms with E-state index in [-0.39, 0.29) is 0 Å². The van der Waals surface area contributed by atoms with E-state index in [0.29, 0.717) is 13.2 Å². The van der Waals surface area contributed by atoms with Crippen LogP contribution < -0.4 is 14.8 Å². The minimum Gasteiger partial charge on any atom is -0.493 e. The van der Waals surface area contributed by atoms with Crippen LogP contribution in [0.1, 0.15) is 49.3 Å². The van der Waals surface area contributed by atoms with E-state index in [1.165, 1.54) is 6.42 Å². The van der Waals surface area contributed by atoms with E-state index in [4.69, 9.17) is 14.3 Å². The van der Waals surface area contributed by atoms with Crippen LogP contribution in [0.15, 0.2) is 59.8 Å². The Bertz CT molecular complexity index is 824. The monoisotopic (exact) mass is 438 g/mol. The fourth-order valence-electron chi connectivity index (χ4n) is 3.48. The molecule has 0 unspecified atom stereocenters. The number of benzene rings is 2. The van der Waals surface area contributed by atoms with Crippen LogP contribution in [0.2, 0.25) is 0 Å². The summed E-state index contributed by atoms with van der Waals surface area (Å²) in [6.07, 6.45) is 8.51. The molecule has 2 rings (SSSR count). The van der Waals surface area contributed by atoms with Crippen molar-refractivity contribution in [2.75, 3.05) is 33.4 Å². The van der Waals surface area contributed by atoms with E-state index in [0.717, 1.165) is 66.3 Å². The van der Waals surface area contributed by atoms with Crippen LogP contribution in [0.25, 0.3) is 0 Å². The fraction of sp³-hybridized carbons (Fsp3) is 0.444. The molecule has 2 aromatic carbocycles. The molecule has 0 aliphatic carbocycles. The summed E-state index contributed by atoms with van der Waals surface area (Å²) in [6, 6.07) is 14.2. The molecule has 0 spiro atoms. The van der Waals surface area contributed by atoms with Crippen molar-refractivity contribution in [2.24, 2.45) is 5.16 Å². The van der Waals surface area contributed by atoms with Crippen molar-refractivity contribution in [2.45, 2.75) is 46.5 Å². The molecular formula is C27H38N2O3. The smallest absolute Gasteiger partial charge is 0.125 e. The molecule has 0 fully saturated rings. The molecule has 0 aliphatic heterocycles. The zero-order valence-electron chi connectivity index (χ0n) is 20.0. The van der Waals surface area contributed by atoms with E-state index in [2.05, 4.69) is 24.3 Å². The first-order chi connectivity index (χ1) is 15.7. The van der Waals surface area contributed by atoms with Crippen molar-refractivity contribution < 1.29 is 14.3 Å². The molecule has 5 nitrogen and oxygen atoms in total. The van der Waals surface area contributed by atoms with E-state index < -0.39 is 0 Å². The highest BCUT2D eigenvalue weighted by Gasteiger charge is 2.07. The third-order valence-electron chi connectivity index (χ3n) is 5.11. The number of hydrogen-bond acceptors (Lipinski definition) is 5. The van der Waals surface area contributed by atoms with Gasteiger partial charge in [-0.25, -0.2) is 0 Å². The van der Waals surface area contributed by atoms with Crippen molar-refractivity contribution in [3.05, 3.63) is 71.3 Å². The van der Waals surface area contributed by atoms with Crippen LogP contribution in [-0.2, 0) is 4.84 Å². The first-order valence-corrected chi connectivity index (χ1v) is 11.5. The lowest BCUT2D eigenvalue weighted by molar-refractivity contribution is 0.213. The predicted molar refractivity (Wildman–Crippen MR) is 133 cm³/mol. The van der Waals surface area contributed by atoms with Gasteiger partial charge in [-0.2, -0.15) is 0 Å². The second-order valence-electron chi connectivity index (χ2n) is 7.79. The summed E-state index contributed by atoms with van der Waals surface area (Å²) in [7, 11) is 1.58. The fourth-order valence-corrected chi connectivity index (χ4v) is 3.48. The van der Waals surface area contributed by atoms with Gasteiger partial charge in [-0.1, -0.05) is 60.5 Å². The third-order valence-corrected chi connectivity index (χ3v) is 5.11. The maximum absolute atomic E-state index is 6.07. The van der Waals surface area contributed by atoms with Crippen molar-refractivity contribution in [1.82, 2.24) is 5.32 Å². The lowest BCUT2D eigenvalue weighted by Crippen LogP contribution is -2.25. The molecule has 32 heavy (non-hydrogen) atoms. The van der Waals surface area contributed by atoms with Crippen molar-refractivity contribution in [1.29, 1.82) is 0 Å². The molecule has 0 bridgehead atoms. The molecule has 5 heteroatoms. The number of unbranched alkanes of at least 4 members (excludes halogenated alkanes) is 3. The van der Waals surface area contributed by atoms with Gasteiger partial charge < -0.3 is 19.6 Å². The summed E-state index contributed by atoms with van der Waals surface area (Å²) in [5.41, 5.74) is 4.25. The summed E-state index contributed by atoms with van der Waals surface area (Å²) < 4.78 is 11.8. The van der Waals surface area contributed by atoms with Gasteiger partial charge in [0, 0.05) is 12.1 Å². The molecule has 2 aromatic rings. The van der Waals surface area contributed by atoms with Crippen molar-refractivity contribution >= 4 is 5.71 Å². The molecule has 1 N–H and O–H groups in total. The molecule has 0 amide bonds. The molecule has 0 aliphatic rings. The average Bonchev–Trinajstić information content (AvgIpc) is 2.79. The maximum atomic E-state index is 6.07. The second kappa shape index (κ2) is 15.1. The first kappa shape index (κ1) is 25.5. The highest BCUT2D eigenvalue weighted by Crippen LogP contribution is 2.28. The van der Waals surface area contributed by atoms with E-state index in [1.54, 1.807) is 7.11 Å². The molecule has 0 radical (unpaired) electrons. The van der Waals surface area contributed by atoms with Gasteiger partial charge in [-0.05, 0) is 63.4 Å². The number of allylic oxidation sites excluding steroid dienone is 1. The summed E-state index contributed by atoms with van der Waals surface area (Å²) >= 11 is 0. The summed E-state index contributed by atoms with van der Waals surface area (Å²) in [5.74, 6) is 1.87. The highest BCUT2D eigenvalue weighted by molar-refractivity contribution is 6.01. The Labute approximate surface area is 193 Å². The van der Waals surface area contributed by atoms with Crippen LogP contribution in [0.4, 0.5) is 0 Å². The molecule has 0 atom stereocenters. The zero-order valence-corrected chi connectivity index (χ0v) is 20.0. The highest BCUT2D eigenvalue weighted by atomic mass is 16.6. The van der Waals surface area contributed by atoms with Crippen LogP contribution in [0, 0.1) is 13.8 Å². The van der Waals surface area contributed by atoms with Gasteiger partial charge in [0.25, 0.3) is 0 Å². The Morgan fingerprint density at radius 1 is 0.969 bits per heavy atom. The lowest BCUT2D eigenvalue weighted by atomic mass is 10.1. The van der Waals surface area contributed by atoms with Crippen LogP contribution in [0.3, 0.4) is 0 Å². The Hall–Kier alpha value is -2.79. The minimum atomic E-state index is 0.594. The Morgan fingerprint density at radius 3 is 2.38 bits per heavy atom. The predicted octanol–water partition coefficient (Wildman–Crippen LogP) is 5.84. The van der Waals surface area contributed by atoms with Crippen molar-refractivity contribution in [3.8, 4) is 11.5 Å². The van der Waals surface area contributed by atoms with Crippen LogP contribution >= 0.6 is 0 Å². The van der Waals surface area contributed by atoms with Gasteiger partial charge in [0.15, 0.2) is 0 Å². The average molecular weight is 439 g/mol. The van der Waals surface area contributed by atoms with Gasteiger partial charge in [0.05, 0.1) is 6.61 Å². The number of oxime groups is 1. The van der Waals surface area contributed by atoms with Gasteiger partial charge in [0.1, 0.15) is 30.9 Å². The molecule has 0 saturated carbocycles. The van der Waals surface area contributed by atoms with E-state index in [9.17, 15) is 0 Å². The standard InChI is InChI=1S/C27H38N2O3/c1-5-6-17-31-25-19-22(2)27(23(3)20-25)32-18-13-8-7-12-16-28-21-26(29-30-4)24-14-10-9-11-15-24/h5-6,9-11,14-15,19-20,28H,7-8,12-13,16-18,21H2,1-4H3/b6-5+,29-26-. The lowest BCUT2D eigenvalue weighted by Gasteiger charge is -2.14. The summed E-state index contributed by atoms with van der Waals surface area (Å²) in [5, 5.41) is 7.61. The Balaban J connectivity index is 1.61. The molecular weight excluding hydrogens is 400 g/mol. The minimum absolute atomic E-state index is 0.594. The molecule has 0 heterocycles. The number of hydrogen-bond donors (Lipinski definition) is 1. The molecule has 0 aromatic heterocycles. The number of rotatable bonds is 15. The quantitative estimate of drug-likeness (QED) is 0.164. The van der Waals surface area contributed by atoms with Crippen LogP contribution in [0.5, 0.6) is 11.5 Å². The maximum Gasteiger partial charge on any atom is 0.125 e. The molecule has 0 saturated heterocycles. The largest absolute Gasteiger partial charge is 0.493 e. The number of nitrogens with zero attached hydrogens (tertiary/aromatic N) is 1. The normalized spacial score (nSPS) is 11.7. The van der Waals surface area contributed by atoms with Crippen LogP contribution in [-0.4, -0.2) is 39.1 Å². The van der Waals surface area contributed by atoms with E-state index >= 15 is 0 Å². The van der Waals surface area contributed by atoms with Gasteiger partial charge in [-0.3, -0.25) is 0 Å². The SMILES string of the molecule is C/C=C/COc1cc(C)c(OCCCCCCNC/C(=N/OC)c2ccccc2)c(C)c1. The Morgan fingerprint density at radius 2 is 1.69 bits per heavy atom. The first-order valence-electron chi connectivity index (χ1n) is 11.5. The Kier molecular flexibility index (Phi) is 12.0.